The molecule has 5 nitrogen and oxygen atoms in total. The van der Waals surface area contributed by atoms with E-state index in [-0.39, 0.29) is 11.8 Å². The first-order chi connectivity index (χ1) is 10.3. The number of aromatic nitrogens is 3. The van der Waals surface area contributed by atoms with Gasteiger partial charge in [-0.15, -0.1) is 0 Å². The predicted molar refractivity (Wildman–Crippen MR) is 79.9 cm³/mol. The molecule has 0 spiro atoms. The first kappa shape index (κ1) is 13.9. The Morgan fingerprint density at radius 1 is 1.43 bits per heavy atom. The van der Waals surface area contributed by atoms with Gasteiger partial charge in [0.25, 0.3) is 0 Å². The summed E-state index contributed by atoms with van der Waals surface area (Å²) in [6, 6.07) is 7.95. The Balaban J connectivity index is 1.79. The van der Waals surface area contributed by atoms with E-state index in [9.17, 15) is 4.79 Å². The summed E-state index contributed by atoms with van der Waals surface area (Å²) in [5, 5.41) is 7.51. The molecule has 1 aliphatic rings. The van der Waals surface area contributed by atoms with Gasteiger partial charge in [-0.3, -0.25) is 4.79 Å². The number of carbonyl (C=O) groups excluding carboxylic acids is 1. The Labute approximate surface area is 124 Å². The van der Waals surface area contributed by atoms with Crippen LogP contribution in [-0.4, -0.2) is 27.1 Å². The second-order valence-corrected chi connectivity index (χ2v) is 5.38. The van der Waals surface area contributed by atoms with Gasteiger partial charge in [-0.1, -0.05) is 31.2 Å². The van der Waals surface area contributed by atoms with E-state index in [4.69, 9.17) is 0 Å². The second-order valence-electron chi connectivity index (χ2n) is 5.38. The minimum Gasteiger partial charge on any atom is -0.303 e. The van der Waals surface area contributed by atoms with E-state index in [0.29, 0.717) is 6.42 Å². The van der Waals surface area contributed by atoms with Crippen LogP contribution >= 0.6 is 0 Å². The molecule has 1 aromatic carbocycles. The number of aryl methyl sites for hydroxylation is 1. The Morgan fingerprint density at radius 2 is 2.29 bits per heavy atom. The lowest BCUT2D eigenvalue weighted by Crippen LogP contribution is -2.36. The topological polar surface area (TPSA) is 59.8 Å². The van der Waals surface area contributed by atoms with Crippen molar-refractivity contribution in [3.8, 4) is 0 Å². The van der Waals surface area contributed by atoms with Crippen LogP contribution in [0.5, 0.6) is 0 Å². The lowest BCUT2D eigenvalue weighted by Gasteiger charge is -2.25. The number of nitrogens with zero attached hydrogens (tertiary/aromatic N) is 3. The van der Waals surface area contributed by atoms with Crippen molar-refractivity contribution in [2.45, 2.75) is 38.8 Å². The highest BCUT2D eigenvalue weighted by Crippen LogP contribution is 2.24. The van der Waals surface area contributed by atoms with Gasteiger partial charge in [-0.25, -0.2) is 9.67 Å². The van der Waals surface area contributed by atoms with Crippen LogP contribution in [0.3, 0.4) is 0 Å². The summed E-state index contributed by atoms with van der Waals surface area (Å²) in [6.07, 6.45) is 3.81. The summed E-state index contributed by atoms with van der Waals surface area (Å²) < 4.78 is 1.83. The third kappa shape index (κ3) is 2.88. The predicted octanol–water partition coefficient (Wildman–Crippen LogP) is 1.69. The summed E-state index contributed by atoms with van der Waals surface area (Å²) in [5.41, 5.74) is 2.37. The maximum Gasteiger partial charge on any atom is 0.161 e. The van der Waals surface area contributed by atoms with Crippen LogP contribution in [0.25, 0.3) is 0 Å². The summed E-state index contributed by atoms with van der Waals surface area (Å²) in [6.45, 7) is 3.73. The SMILES string of the molecule is CCCn1ncnc1CC(=O)C1NCCc2ccccc21. The number of carbonyl (C=O) groups is 1. The van der Waals surface area contributed by atoms with Gasteiger partial charge in [-0.05, 0) is 24.0 Å². The fraction of sp³-hybridized carbons (Fsp3) is 0.438. The van der Waals surface area contributed by atoms with Gasteiger partial charge >= 0.3 is 0 Å². The van der Waals surface area contributed by atoms with E-state index in [1.54, 1.807) is 0 Å². The van der Waals surface area contributed by atoms with Gasteiger partial charge in [0.1, 0.15) is 12.2 Å². The van der Waals surface area contributed by atoms with Gasteiger partial charge in [0, 0.05) is 13.1 Å². The molecule has 1 N–H and O–H groups in total. The zero-order chi connectivity index (χ0) is 14.7. The maximum atomic E-state index is 12.6. The van der Waals surface area contributed by atoms with E-state index >= 15 is 0 Å². The van der Waals surface area contributed by atoms with Crippen LogP contribution in [-0.2, 0) is 24.2 Å². The average molecular weight is 284 g/mol. The van der Waals surface area contributed by atoms with Gasteiger partial charge in [0.2, 0.25) is 0 Å². The van der Waals surface area contributed by atoms with E-state index in [2.05, 4.69) is 28.4 Å². The molecule has 2 aromatic rings. The van der Waals surface area contributed by atoms with E-state index < -0.39 is 0 Å². The average Bonchev–Trinajstić information content (AvgIpc) is 2.94. The van der Waals surface area contributed by atoms with E-state index in [0.717, 1.165) is 37.3 Å². The molecule has 0 bridgehead atoms. The minimum atomic E-state index is -0.221. The first-order valence-electron chi connectivity index (χ1n) is 7.50. The Hall–Kier alpha value is -2.01. The van der Waals surface area contributed by atoms with E-state index in [1.165, 1.54) is 11.9 Å². The minimum absolute atomic E-state index is 0.160. The Morgan fingerprint density at radius 3 is 3.14 bits per heavy atom. The van der Waals surface area contributed by atoms with Crippen molar-refractivity contribution < 1.29 is 4.79 Å². The quantitative estimate of drug-likeness (QED) is 0.907. The standard InChI is InChI=1S/C16H20N4O/c1-2-9-20-15(18-11-19-20)10-14(21)16-13-6-4-3-5-12(13)7-8-17-16/h3-6,11,16-17H,2,7-10H2,1H3. The highest BCUT2D eigenvalue weighted by atomic mass is 16.1. The van der Waals surface area contributed by atoms with Crippen LogP contribution < -0.4 is 5.32 Å². The summed E-state index contributed by atoms with van der Waals surface area (Å²) in [5.74, 6) is 0.916. The molecular weight excluding hydrogens is 264 g/mol. The molecule has 21 heavy (non-hydrogen) atoms. The largest absolute Gasteiger partial charge is 0.303 e. The number of hydrogen-bond donors (Lipinski definition) is 1. The lowest BCUT2D eigenvalue weighted by atomic mass is 9.91. The number of fused-ring (bicyclic) bond motifs is 1. The molecule has 0 aliphatic carbocycles. The van der Waals surface area contributed by atoms with Crippen molar-refractivity contribution >= 4 is 5.78 Å². The molecule has 110 valence electrons. The number of benzene rings is 1. The molecule has 2 heterocycles. The number of rotatable bonds is 5. The van der Waals surface area contributed by atoms with Crippen molar-refractivity contribution in [1.29, 1.82) is 0 Å². The van der Waals surface area contributed by atoms with Crippen LogP contribution in [0.2, 0.25) is 0 Å². The normalized spacial score (nSPS) is 17.5. The van der Waals surface area contributed by atoms with Crippen LogP contribution in [0.4, 0.5) is 0 Å². The molecular formula is C16H20N4O. The van der Waals surface area contributed by atoms with Crippen molar-refractivity contribution in [3.63, 3.8) is 0 Å². The molecule has 0 fully saturated rings. The maximum absolute atomic E-state index is 12.6. The highest BCUT2D eigenvalue weighted by molar-refractivity contribution is 5.87. The molecule has 1 aliphatic heterocycles. The number of nitrogens with one attached hydrogen (secondary N) is 1. The molecule has 0 radical (unpaired) electrons. The highest BCUT2D eigenvalue weighted by Gasteiger charge is 2.26. The fourth-order valence-electron chi connectivity index (χ4n) is 2.87. The van der Waals surface area contributed by atoms with Gasteiger partial charge in [0.15, 0.2) is 5.78 Å². The number of hydrogen-bond acceptors (Lipinski definition) is 4. The second kappa shape index (κ2) is 6.18. The smallest absolute Gasteiger partial charge is 0.161 e. The number of ketones is 1. The molecule has 5 heteroatoms. The van der Waals surface area contributed by atoms with Crippen LogP contribution in [0, 0.1) is 0 Å². The molecule has 0 saturated heterocycles. The summed E-state index contributed by atoms with van der Waals surface area (Å²) >= 11 is 0. The van der Waals surface area contributed by atoms with Gasteiger partial charge in [-0.2, -0.15) is 5.10 Å². The number of Topliss-reactive ketones (excluding diaryl/α,β-unsaturated/α-hetero) is 1. The monoisotopic (exact) mass is 284 g/mol. The van der Waals surface area contributed by atoms with Crippen molar-refractivity contribution in [1.82, 2.24) is 20.1 Å². The van der Waals surface area contributed by atoms with Crippen molar-refractivity contribution in [3.05, 3.63) is 47.5 Å². The zero-order valence-electron chi connectivity index (χ0n) is 12.2. The van der Waals surface area contributed by atoms with E-state index in [1.807, 2.05) is 22.9 Å². The summed E-state index contributed by atoms with van der Waals surface area (Å²) in [4.78, 5) is 16.9. The zero-order valence-corrected chi connectivity index (χ0v) is 12.2. The van der Waals surface area contributed by atoms with Gasteiger partial charge in [0.05, 0.1) is 12.5 Å². The lowest BCUT2D eigenvalue weighted by molar-refractivity contribution is -0.120. The Bertz CT molecular complexity index is 635. The molecule has 1 aromatic heterocycles. The Kier molecular flexibility index (Phi) is 4.10. The molecule has 1 atom stereocenters. The molecule has 3 rings (SSSR count). The molecule has 1 unspecified atom stereocenters. The third-order valence-corrected chi connectivity index (χ3v) is 3.89. The molecule has 0 amide bonds. The summed E-state index contributed by atoms with van der Waals surface area (Å²) in [7, 11) is 0. The van der Waals surface area contributed by atoms with Crippen LogP contribution in [0.15, 0.2) is 30.6 Å². The van der Waals surface area contributed by atoms with Gasteiger partial charge < -0.3 is 5.32 Å². The third-order valence-electron chi connectivity index (χ3n) is 3.89. The first-order valence-corrected chi connectivity index (χ1v) is 7.50. The fourth-order valence-corrected chi connectivity index (χ4v) is 2.87. The van der Waals surface area contributed by atoms with Crippen molar-refractivity contribution in [2.75, 3.05) is 6.54 Å². The van der Waals surface area contributed by atoms with Crippen molar-refractivity contribution in [2.24, 2.45) is 0 Å². The van der Waals surface area contributed by atoms with Crippen LogP contribution in [0.1, 0.15) is 36.3 Å². The molecule has 0 saturated carbocycles.